The van der Waals surface area contributed by atoms with Crippen molar-refractivity contribution >= 4 is 11.0 Å². The van der Waals surface area contributed by atoms with E-state index in [0.717, 1.165) is 34.3 Å². The number of phenolic OH excluding ortho intramolecular Hbond substituents is 1. The molecule has 0 radical (unpaired) electrons. The minimum absolute atomic E-state index is 0.220. The van der Waals surface area contributed by atoms with Crippen LogP contribution < -0.4 is 4.74 Å². The van der Waals surface area contributed by atoms with Crippen LogP contribution in [0, 0.1) is 0 Å². The molecule has 1 N–H and O–H groups in total. The van der Waals surface area contributed by atoms with Gasteiger partial charge in [0.15, 0.2) is 5.82 Å². The maximum absolute atomic E-state index is 9.43. The van der Waals surface area contributed by atoms with Gasteiger partial charge in [-0.1, -0.05) is 12.1 Å². The lowest BCUT2D eigenvalue weighted by molar-refractivity contribution is 0.414. The van der Waals surface area contributed by atoms with Crippen molar-refractivity contribution in [1.29, 1.82) is 0 Å². The third-order valence-electron chi connectivity index (χ3n) is 4.18. The van der Waals surface area contributed by atoms with Crippen molar-refractivity contribution in [2.75, 3.05) is 7.11 Å². The second-order valence-corrected chi connectivity index (χ2v) is 6.01. The molecule has 2 heterocycles. The number of benzene rings is 2. The summed E-state index contributed by atoms with van der Waals surface area (Å²) >= 11 is 0. The number of nitrogens with zero attached hydrogens (tertiary/aromatic N) is 3. The molecule has 0 aliphatic rings. The standard InChI is InChI=1S/C21H17N3O2/c1-26-18-8-2-14(3-9-18)10-15-11-19-20(22-12-15)13-23-21(24-19)16-4-6-17(25)7-5-16/h2-9,11-13,25H,10H2,1H3. The van der Waals surface area contributed by atoms with Crippen molar-refractivity contribution < 1.29 is 9.84 Å². The number of aromatic hydroxyl groups is 1. The number of phenols is 1. The average molecular weight is 343 g/mol. The number of hydrogen-bond acceptors (Lipinski definition) is 5. The molecule has 2 aromatic heterocycles. The van der Waals surface area contributed by atoms with E-state index in [1.807, 2.05) is 36.5 Å². The molecule has 0 bridgehead atoms. The van der Waals surface area contributed by atoms with Crippen LogP contribution >= 0.6 is 0 Å². The Morgan fingerprint density at radius 3 is 2.35 bits per heavy atom. The van der Waals surface area contributed by atoms with E-state index >= 15 is 0 Å². The SMILES string of the molecule is COc1ccc(Cc2cnc3cnc(-c4ccc(O)cc4)nc3c2)cc1. The Hall–Kier alpha value is -3.47. The zero-order valence-corrected chi connectivity index (χ0v) is 14.3. The fraction of sp³-hybridized carbons (Fsp3) is 0.0952. The molecule has 128 valence electrons. The molecule has 0 aliphatic carbocycles. The fourth-order valence-corrected chi connectivity index (χ4v) is 2.79. The number of methoxy groups -OCH3 is 1. The number of rotatable bonds is 4. The van der Waals surface area contributed by atoms with E-state index in [4.69, 9.17) is 4.74 Å². The van der Waals surface area contributed by atoms with Crippen LogP contribution in [0.15, 0.2) is 67.0 Å². The molecule has 26 heavy (non-hydrogen) atoms. The molecular weight excluding hydrogens is 326 g/mol. The summed E-state index contributed by atoms with van der Waals surface area (Å²) < 4.78 is 5.19. The first-order chi connectivity index (χ1) is 12.7. The van der Waals surface area contributed by atoms with Crippen LogP contribution in [-0.2, 0) is 6.42 Å². The summed E-state index contributed by atoms with van der Waals surface area (Å²) in [6.07, 6.45) is 4.35. The Morgan fingerprint density at radius 1 is 0.846 bits per heavy atom. The van der Waals surface area contributed by atoms with E-state index in [0.29, 0.717) is 5.82 Å². The van der Waals surface area contributed by atoms with Gasteiger partial charge in [-0.05, 0) is 60.0 Å². The minimum Gasteiger partial charge on any atom is -0.508 e. The third kappa shape index (κ3) is 3.32. The van der Waals surface area contributed by atoms with Crippen LogP contribution in [0.5, 0.6) is 11.5 Å². The summed E-state index contributed by atoms with van der Waals surface area (Å²) in [5.74, 6) is 1.68. The molecular formula is C21H17N3O2. The van der Waals surface area contributed by atoms with Gasteiger partial charge in [-0.2, -0.15) is 0 Å². The summed E-state index contributed by atoms with van der Waals surface area (Å²) in [4.78, 5) is 13.5. The summed E-state index contributed by atoms with van der Waals surface area (Å²) in [7, 11) is 1.66. The van der Waals surface area contributed by atoms with Crippen molar-refractivity contribution in [3.8, 4) is 22.9 Å². The molecule has 0 atom stereocenters. The van der Waals surface area contributed by atoms with Crippen LogP contribution in [0.1, 0.15) is 11.1 Å². The highest BCUT2D eigenvalue weighted by molar-refractivity contribution is 5.76. The molecule has 5 heteroatoms. The topological polar surface area (TPSA) is 68.1 Å². The van der Waals surface area contributed by atoms with Crippen molar-refractivity contribution in [1.82, 2.24) is 15.0 Å². The first kappa shape index (κ1) is 16.0. The highest BCUT2D eigenvalue weighted by Crippen LogP contribution is 2.21. The van der Waals surface area contributed by atoms with E-state index in [-0.39, 0.29) is 5.75 Å². The van der Waals surface area contributed by atoms with E-state index in [1.165, 1.54) is 5.56 Å². The highest BCUT2D eigenvalue weighted by Gasteiger charge is 2.06. The van der Waals surface area contributed by atoms with E-state index in [1.54, 1.807) is 37.6 Å². The Labute approximate surface area is 151 Å². The van der Waals surface area contributed by atoms with Gasteiger partial charge in [-0.25, -0.2) is 9.97 Å². The molecule has 0 saturated heterocycles. The zero-order chi connectivity index (χ0) is 17.9. The molecule has 0 unspecified atom stereocenters. The van der Waals surface area contributed by atoms with Crippen LogP contribution in [-0.4, -0.2) is 27.2 Å². The second-order valence-electron chi connectivity index (χ2n) is 6.01. The summed E-state index contributed by atoms with van der Waals surface area (Å²) in [6, 6.07) is 16.9. The van der Waals surface area contributed by atoms with Gasteiger partial charge in [0.2, 0.25) is 0 Å². The smallest absolute Gasteiger partial charge is 0.159 e. The van der Waals surface area contributed by atoms with Crippen molar-refractivity contribution in [3.05, 3.63) is 78.1 Å². The Bertz CT molecular complexity index is 1040. The normalized spacial score (nSPS) is 10.8. The van der Waals surface area contributed by atoms with Crippen LogP contribution in [0.3, 0.4) is 0 Å². The number of ether oxygens (including phenoxy) is 1. The number of hydrogen-bond donors (Lipinski definition) is 1. The van der Waals surface area contributed by atoms with Crippen molar-refractivity contribution in [2.24, 2.45) is 0 Å². The van der Waals surface area contributed by atoms with Gasteiger partial charge in [0.05, 0.1) is 18.8 Å². The van der Waals surface area contributed by atoms with Gasteiger partial charge >= 0.3 is 0 Å². The van der Waals surface area contributed by atoms with Crippen LogP contribution in [0.4, 0.5) is 0 Å². The van der Waals surface area contributed by atoms with Gasteiger partial charge in [-0.15, -0.1) is 0 Å². The molecule has 2 aromatic carbocycles. The molecule has 0 amide bonds. The fourth-order valence-electron chi connectivity index (χ4n) is 2.79. The third-order valence-corrected chi connectivity index (χ3v) is 4.18. The average Bonchev–Trinajstić information content (AvgIpc) is 2.68. The van der Waals surface area contributed by atoms with Crippen molar-refractivity contribution in [3.63, 3.8) is 0 Å². The van der Waals surface area contributed by atoms with E-state index < -0.39 is 0 Å². The largest absolute Gasteiger partial charge is 0.508 e. The van der Waals surface area contributed by atoms with Gasteiger partial charge in [0.1, 0.15) is 17.0 Å². The second kappa shape index (κ2) is 6.80. The lowest BCUT2D eigenvalue weighted by atomic mass is 10.1. The van der Waals surface area contributed by atoms with Crippen LogP contribution in [0.2, 0.25) is 0 Å². The predicted octanol–water partition coefficient (Wildman–Crippen LogP) is 4.00. The Balaban J connectivity index is 1.65. The molecule has 4 rings (SSSR count). The molecule has 0 aliphatic heterocycles. The molecule has 5 nitrogen and oxygen atoms in total. The summed E-state index contributed by atoms with van der Waals surface area (Å²) in [5, 5.41) is 9.43. The van der Waals surface area contributed by atoms with E-state index in [9.17, 15) is 5.11 Å². The lowest BCUT2D eigenvalue weighted by Crippen LogP contribution is -1.95. The Morgan fingerprint density at radius 2 is 1.62 bits per heavy atom. The van der Waals surface area contributed by atoms with Gasteiger partial charge < -0.3 is 9.84 Å². The molecule has 0 fully saturated rings. The van der Waals surface area contributed by atoms with Crippen LogP contribution in [0.25, 0.3) is 22.4 Å². The summed E-state index contributed by atoms with van der Waals surface area (Å²) in [6.45, 7) is 0. The zero-order valence-electron chi connectivity index (χ0n) is 14.3. The van der Waals surface area contributed by atoms with Gasteiger partial charge in [0, 0.05) is 11.8 Å². The minimum atomic E-state index is 0.220. The number of pyridine rings is 1. The monoisotopic (exact) mass is 343 g/mol. The van der Waals surface area contributed by atoms with Gasteiger partial charge in [0.25, 0.3) is 0 Å². The summed E-state index contributed by atoms with van der Waals surface area (Å²) in [5.41, 5.74) is 4.67. The first-order valence-corrected chi connectivity index (χ1v) is 8.25. The van der Waals surface area contributed by atoms with E-state index in [2.05, 4.69) is 15.0 Å². The number of aromatic nitrogens is 3. The molecule has 4 aromatic rings. The maximum atomic E-state index is 9.43. The molecule has 0 spiro atoms. The van der Waals surface area contributed by atoms with Crippen molar-refractivity contribution in [2.45, 2.75) is 6.42 Å². The predicted molar refractivity (Wildman–Crippen MR) is 100 cm³/mol. The first-order valence-electron chi connectivity index (χ1n) is 8.25. The molecule has 0 saturated carbocycles. The van der Waals surface area contributed by atoms with Gasteiger partial charge in [-0.3, -0.25) is 4.98 Å². The number of fused-ring (bicyclic) bond motifs is 1. The lowest BCUT2D eigenvalue weighted by Gasteiger charge is -2.06. The Kier molecular flexibility index (Phi) is 4.19. The maximum Gasteiger partial charge on any atom is 0.159 e. The quantitative estimate of drug-likeness (QED) is 0.607. The highest BCUT2D eigenvalue weighted by atomic mass is 16.5.